The Balaban J connectivity index is 2.09. The van der Waals surface area contributed by atoms with Gasteiger partial charge in [-0.3, -0.25) is 4.79 Å². The summed E-state index contributed by atoms with van der Waals surface area (Å²) in [6.45, 7) is 8.12. The molecule has 0 N–H and O–H groups in total. The lowest BCUT2D eigenvalue weighted by Crippen LogP contribution is -2.28. The van der Waals surface area contributed by atoms with E-state index in [9.17, 15) is 4.79 Å². The highest BCUT2D eigenvalue weighted by molar-refractivity contribution is 5.73. The van der Waals surface area contributed by atoms with Crippen molar-refractivity contribution in [2.75, 3.05) is 7.11 Å². The van der Waals surface area contributed by atoms with Gasteiger partial charge in [0.25, 0.3) is 0 Å². The molecule has 0 radical (unpaired) electrons. The highest BCUT2D eigenvalue weighted by Crippen LogP contribution is 2.37. The first-order chi connectivity index (χ1) is 9.32. The van der Waals surface area contributed by atoms with Crippen molar-refractivity contribution in [3.05, 3.63) is 29.3 Å². The molecule has 20 heavy (non-hydrogen) atoms. The van der Waals surface area contributed by atoms with E-state index in [1.165, 1.54) is 5.56 Å². The molecule has 2 atom stereocenters. The molecule has 1 aromatic rings. The van der Waals surface area contributed by atoms with E-state index in [0.717, 1.165) is 24.2 Å². The monoisotopic (exact) mass is 276 g/mol. The highest BCUT2D eigenvalue weighted by Gasteiger charge is 2.32. The molecule has 0 aromatic heterocycles. The fourth-order valence-corrected chi connectivity index (χ4v) is 2.40. The van der Waals surface area contributed by atoms with Crippen molar-refractivity contribution in [1.29, 1.82) is 0 Å². The topological polar surface area (TPSA) is 35.5 Å². The maximum atomic E-state index is 12.2. The largest absolute Gasteiger partial charge is 0.497 e. The van der Waals surface area contributed by atoms with E-state index in [-0.39, 0.29) is 23.4 Å². The molecule has 0 fully saturated rings. The van der Waals surface area contributed by atoms with Gasteiger partial charge in [-0.2, -0.15) is 0 Å². The van der Waals surface area contributed by atoms with Crippen LogP contribution in [0, 0.1) is 11.3 Å². The molecule has 110 valence electrons. The Morgan fingerprint density at radius 1 is 1.35 bits per heavy atom. The van der Waals surface area contributed by atoms with E-state index in [1.807, 2.05) is 25.1 Å². The maximum Gasteiger partial charge on any atom is 0.309 e. The molecule has 0 spiro atoms. The fourth-order valence-electron chi connectivity index (χ4n) is 2.40. The normalized spacial score (nSPS) is 19.4. The van der Waals surface area contributed by atoms with Crippen molar-refractivity contribution in [1.82, 2.24) is 0 Å². The lowest BCUT2D eigenvalue weighted by Gasteiger charge is -2.27. The van der Waals surface area contributed by atoms with Crippen LogP contribution < -0.4 is 4.74 Å². The quantitative estimate of drug-likeness (QED) is 0.785. The van der Waals surface area contributed by atoms with Crippen LogP contribution in [0.1, 0.15) is 51.3 Å². The Labute approximate surface area is 121 Å². The van der Waals surface area contributed by atoms with Crippen LogP contribution in [-0.2, 0) is 16.0 Å². The summed E-state index contributed by atoms with van der Waals surface area (Å²) in [5.74, 6) is 0.648. The van der Waals surface area contributed by atoms with Crippen LogP contribution in [-0.4, -0.2) is 13.1 Å². The summed E-state index contributed by atoms with van der Waals surface area (Å²) in [7, 11) is 1.67. The predicted molar refractivity (Wildman–Crippen MR) is 78.8 cm³/mol. The first-order valence-corrected chi connectivity index (χ1v) is 7.20. The van der Waals surface area contributed by atoms with Crippen molar-refractivity contribution in [3.63, 3.8) is 0 Å². The van der Waals surface area contributed by atoms with Gasteiger partial charge in [-0.05, 0) is 41.5 Å². The van der Waals surface area contributed by atoms with Crippen LogP contribution in [0.25, 0.3) is 0 Å². The van der Waals surface area contributed by atoms with Gasteiger partial charge in [0.2, 0.25) is 0 Å². The Morgan fingerprint density at radius 2 is 2.05 bits per heavy atom. The lowest BCUT2D eigenvalue weighted by molar-refractivity contribution is -0.157. The standard InChI is InChI=1S/C17H24O3/c1-11(17(2,3)4)16(18)20-15-9-6-12-10-13(19-5)7-8-14(12)15/h7-8,10-11,15H,6,9H2,1-5H3. The van der Waals surface area contributed by atoms with Crippen LogP contribution >= 0.6 is 0 Å². The van der Waals surface area contributed by atoms with Crippen LogP contribution in [0.5, 0.6) is 5.75 Å². The molecule has 0 bridgehead atoms. The molecule has 0 saturated carbocycles. The summed E-state index contributed by atoms with van der Waals surface area (Å²) in [4.78, 5) is 12.2. The van der Waals surface area contributed by atoms with Crippen molar-refractivity contribution in [3.8, 4) is 5.75 Å². The molecule has 0 saturated heterocycles. The number of fused-ring (bicyclic) bond motifs is 1. The summed E-state index contributed by atoms with van der Waals surface area (Å²) in [6, 6.07) is 5.98. The number of rotatable bonds is 3. The van der Waals surface area contributed by atoms with Gasteiger partial charge in [-0.25, -0.2) is 0 Å². The molecule has 0 aliphatic heterocycles. The average molecular weight is 276 g/mol. The van der Waals surface area contributed by atoms with E-state index < -0.39 is 0 Å². The Bertz CT molecular complexity index is 499. The van der Waals surface area contributed by atoms with Gasteiger partial charge in [0.05, 0.1) is 13.0 Å². The van der Waals surface area contributed by atoms with Gasteiger partial charge in [-0.15, -0.1) is 0 Å². The van der Waals surface area contributed by atoms with Gasteiger partial charge in [0, 0.05) is 0 Å². The van der Waals surface area contributed by atoms with E-state index in [1.54, 1.807) is 7.11 Å². The molecule has 1 aromatic carbocycles. The molecule has 3 nitrogen and oxygen atoms in total. The van der Waals surface area contributed by atoms with Crippen LogP contribution in [0.2, 0.25) is 0 Å². The fraction of sp³-hybridized carbons (Fsp3) is 0.588. The van der Waals surface area contributed by atoms with Crippen molar-refractivity contribution in [2.45, 2.75) is 46.6 Å². The second-order valence-corrected chi connectivity index (χ2v) is 6.62. The van der Waals surface area contributed by atoms with Gasteiger partial charge in [-0.1, -0.05) is 33.8 Å². The van der Waals surface area contributed by atoms with Crippen molar-refractivity contribution < 1.29 is 14.3 Å². The SMILES string of the molecule is COc1ccc2c(c1)CCC2OC(=O)C(C)C(C)(C)C. The third-order valence-electron chi connectivity index (χ3n) is 4.28. The zero-order valence-electron chi connectivity index (χ0n) is 13.0. The molecule has 1 aliphatic carbocycles. The molecular weight excluding hydrogens is 252 g/mol. The molecule has 2 unspecified atom stereocenters. The predicted octanol–water partition coefficient (Wildman–Crippen LogP) is 3.91. The smallest absolute Gasteiger partial charge is 0.309 e. The van der Waals surface area contributed by atoms with Crippen LogP contribution in [0.15, 0.2) is 18.2 Å². The summed E-state index contributed by atoms with van der Waals surface area (Å²) in [6.07, 6.45) is 1.70. The number of esters is 1. The highest BCUT2D eigenvalue weighted by atomic mass is 16.5. The first kappa shape index (κ1) is 14.9. The second kappa shape index (κ2) is 5.47. The Morgan fingerprint density at radius 3 is 2.65 bits per heavy atom. The summed E-state index contributed by atoms with van der Waals surface area (Å²) >= 11 is 0. The summed E-state index contributed by atoms with van der Waals surface area (Å²) < 4.78 is 11.0. The number of carbonyl (C=O) groups excluding carboxylic acids is 1. The third kappa shape index (κ3) is 2.97. The third-order valence-corrected chi connectivity index (χ3v) is 4.28. The summed E-state index contributed by atoms with van der Waals surface area (Å²) in [5.41, 5.74) is 2.28. The average Bonchev–Trinajstić information content (AvgIpc) is 2.79. The van der Waals surface area contributed by atoms with E-state index in [0.29, 0.717) is 0 Å². The van der Waals surface area contributed by atoms with Crippen molar-refractivity contribution in [2.24, 2.45) is 11.3 Å². The first-order valence-electron chi connectivity index (χ1n) is 7.20. The number of aryl methyl sites for hydroxylation is 1. The van der Waals surface area contributed by atoms with Crippen LogP contribution in [0.3, 0.4) is 0 Å². The number of benzene rings is 1. The number of hydrogen-bond acceptors (Lipinski definition) is 3. The molecule has 0 heterocycles. The molecule has 1 aliphatic rings. The zero-order valence-corrected chi connectivity index (χ0v) is 13.0. The minimum atomic E-state index is -0.107. The van der Waals surface area contributed by atoms with Crippen LogP contribution in [0.4, 0.5) is 0 Å². The lowest BCUT2D eigenvalue weighted by atomic mass is 9.82. The van der Waals surface area contributed by atoms with Gasteiger partial charge >= 0.3 is 5.97 Å². The zero-order chi connectivity index (χ0) is 14.9. The Hall–Kier alpha value is -1.51. The summed E-state index contributed by atoms with van der Waals surface area (Å²) in [5, 5.41) is 0. The van der Waals surface area contributed by atoms with Gasteiger partial charge in [0.15, 0.2) is 0 Å². The minimum Gasteiger partial charge on any atom is -0.497 e. The number of carbonyl (C=O) groups is 1. The molecule has 2 rings (SSSR count). The van der Waals surface area contributed by atoms with E-state index in [4.69, 9.17) is 9.47 Å². The number of hydrogen-bond donors (Lipinski definition) is 0. The molecule has 0 amide bonds. The Kier molecular flexibility index (Phi) is 4.07. The number of ether oxygens (including phenoxy) is 2. The second-order valence-electron chi connectivity index (χ2n) is 6.62. The van der Waals surface area contributed by atoms with E-state index >= 15 is 0 Å². The van der Waals surface area contributed by atoms with Gasteiger partial charge in [0.1, 0.15) is 11.9 Å². The minimum absolute atomic E-state index is 0.0710. The molecule has 3 heteroatoms. The molecular formula is C17H24O3. The van der Waals surface area contributed by atoms with Crippen molar-refractivity contribution >= 4 is 5.97 Å². The number of methoxy groups -OCH3 is 1. The maximum absolute atomic E-state index is 12.2. The van der Waals surface area contributed by atoms with Gasteiger partial charge < -0.3 is 9.47 Å². The van der Waals surface area contributed by atoms with E-state index in [2.05, 4.69) is 20.8 Å².